The first-order valence-corrected chi connectivity index (χ1v) is 4.16. The Balaban J connectivity index is 3.57. The van der Waals surface area contributed by atoms with E-state index in [1.807, 2.05) is 0 Å². The van der Waals surface area contributed by atoms with Crippen molar-refractivity contribution in [3.63, 3.8) is 0 Å². The summed E-state index contributed by atoms with van der Waals surface area (Å²) in [5.74, 6) is -9.43. The van der Waals surface area contributed by atoms with E-state index in [4.69, 9.17) is 22.4 Å². The van der Waals surface area contributed by atoms with Crippen molar-refractivity contribution < 1.29 is 27.5 Å². The van der Waals surface area contributed by atoms with E-state index >= 15 is 0 Å². The Morgan fingerprint density at radius 2 is 1.50 bits per heavy atom. The van der Waals surface area contributed by atoms with Crippen LogP contribution in [0.4, 0.5) is 17.6 Å². The molecule has 88 valence electrons. The molecule has 8 heteroatoms. The van der Waals surface area contributed by atoms with Crippen molar-refractivity contribution in [2.75, 3.05) is 0 Å². The molecule has 0 unspecified atom stereocenters. The van der Waals surface area contributed by atoms with E-state index in [-0.39, 0.29) is 0 Å². The third-order valence-electron chi connectivity index (χ3n) is 1.82. The van der Waals surface area contributed by atoms with Crippen LogP contribution in [0.25, 0.3) is 0 Å². The molecule has 1 aromatic carbocycles. The molecule has 0 aliphatic carbocycles. The van der Waals surface area contributed by atoms with Crippen LogP contribution in [-0.2, 0) is 4.79 Å². The van der Waals surface area contributed by atoms with Crippen LogP contribution in [0.2, 0.25) is 5.02 Å². The van der Waals surface area contributed by atoms with Gasteiger partial charge in [0.25, 0.3) is 0 Å². The molecule has 0 heterocycles. The van der Waals surface area contributed by atoms with E-state index in [0.29, 0.717) is 0 Å². The maximum absolute atomic E-state index is 13.1. The number of nitrogens with two attached hydrogens (primary N) is 1. The summed E-state index contributed by atoms with van der Waals surface area (Å²) >= 11 is 4.93. The van der Waals surface area contributed by atoms with Crippen LogP contribution in [0.1, 0.15) is 11.6 Å². The Bertz CT molecular complexity index is 437. The molecule has 0 saturated carbocycles. The zero-order chi connectivity index (χ0) is 12.6. The largest absolute Gasteiger partial charge is 0.480 e. The van der Waals surface area contributed by atoms with Crippen LogP contribution < -0.4 is 5.73 Å². The Kier molecular flexibility index (Phi) is 3.39. The van der Waals surface area contributed by atoms with Gasteiger partial charge in [0.05, 0.1) is 5.56 Å². The van der Waals surface area contributed by atoms with Crippen molar-refractivity contribution in [2.24, 2.45) is 5.73 Å². The predicted octanol–water partition coefficient (Wildman–Crippen LogP) is 1.98. The van der Waals surface area contributed by atoms with Crippen molar-refractivity contribution in [1.29, 1.82) is 0 Å². The minimum atomic E-state index is -2.22. The Labute approximate surface area is 91.4 Å². The zero-order valence-corrected chi connectivity index (χ0v) is 8.16. The number of aliphatic carboxylic acids is 1. The summed E-state index contributed by atoms with van der Waals surface area (Å²) in [5.41, 5.74) is 3.46. The van der Waals surface area contributed by atoms with E-state index in [0.717, 1.165) is 0 Å². The molecule has 1 atom stereocenters. The average molecular weight is 258 g/mol. The smallest absolute Gasteiger partial charge is 0.325 e. The molecule has 0 radical (unpaired) electrons. The highest BCUT2D eigenvalue weighted by molar-refractivity contribution is 6.30. The molecule has 0 aromatic heterocycles. The number of carboxylic acids is 1. The Morgan fingerprint density at radius 3 is 1.81 bits per heavy atom. The number of rotatable bonds is 2. The second-order valence-corrected chi connectivity index (χ2v) is 3.18. The number of benzene rings is 1. The van der Waals surface area contributed by atoms with Gasteiger partial charge in [-0.05, 0) is 0 Å². The van der Waals surface area contributed by atoms with Gasteiger partial charge in [0.15, 0.2) is 23.3 Å². The standard InChI is InChI=1S/C8H4ClF4NO2/c9-2-5(12)3(10)1(4(11)6(2)13)7(14)8(15)16/h7H,14H2,(H,15,16)/t7-/m0/s1. The molecule has 3 N–H and O–H groups in total. The van der Waals surface area contributed by atoms with Gasteiger partial charge in [0, 0.05) is 0 Å². The molecule has 0 saturated heterocycles. The minimum Gasteiger partial charge on any atom is -0.480 e. The van der Waals surface area contributed by atoms with Gasteiger partial charge in [-0.15, -0.1) is 0 Å². The fourth-order valence-electron chi connectivity index (χ4n) is 1.02. The van der Waals surface area contributed by atoms with Crippen molar-refractivity contribution in [3.8, 4) is 0 Å². The van der Waals surface area contributed by atoms with Crippen LogP contribution in [-0.4, -0.2) is 11.1 Å². The summed E-state index contributed by atoms with van der Waals surface area (Å²) in [6, 6.07) is -2.22. The van der Waals surface area contributed by atoms with E-state index in [9.17, 15) is 22.4 Å². The highest BCUT2D eigenvalue weighted by Crippen LogP contribution is 2.30. The first-order chi connectivity index (χ1) is 7.29. The molecular weight excluding hydrogens is 254 g/mol. The van der Waals surface area contributed by atoms with Gasteiger partial charge >= 0.3 is 5.97 Å². The van der Waals surface area contributed by atoms with E-state index in [1.165, 1.54) is 0 Å². The number of carbonyl (C=O) groups is 1. The van der Waals surface area contributed by atoms with E-state index in [1.54, 1.807) is 0 Å². The quantitative estimate of drug-likeness (QED) is 0.484. The molecule has 1 aromatic rings. The maximum Gasteiger partial charge on any atom is 0.325 e. The normalized spacial score (nSPS) is 12.6. The maximum atomic E-state index is 13.1. The molecule has 16 heavy (non-hydrogen) atoms. The summed E-state index contributed by atoms with van der Waals surface area (Å²) in [4.78, 5) is 10.4. The van der Waals surface area contributed by atoms with E-state index in [2.05, 4.69) is 0 Å². The van der Waals surface area contributed by atoms with Gasteiger partial charge in [-0.2, -0.15) is 0 Å². The average Bonchev–Trinajstić information content (AvgIpc) is 2.23. The minimum absolute atomic E-state index is 1.39. The van der Waals surface area contributed by atoms with Crippen molar-refractivity contribution in [3.05, 3.63) is 33.9 Å². The summed E-state index contributed by atoms with van der Waals surface area (Å²) < 4.78 is 52.0. The number of hydrogen-bond acceptors (Lipinski definition) is 2. The number of hydrogen-bond donors (Lipinski definition) is 2. The van der Waals surface area contributed by atoms with Crippen LogP contribution in [0.5, 0.6) is 0 Å². The lowest BCUT2D eigenvalue weighted by atomic mass is 10.1. The van der Waals surface area contributed by atoms with Crippen molar-refractivity contribution in [2.45, 2.75) is 6.04 Å². The highest BCUT2D eigenvalue weighted by atomic mass is 35.5. The van der Waals surface area contributed by atoms with Gasteiger partial charge < -0.3 is 10.8 Å². The zero-order valence-electron chi connectivity index (χ0n) is 7.40. The molecule has 3 nitrogen and oxygen atoms in total. The lowest BCUT2D eigenvalue weighted by Gasteiger charge is -2.11. The first kappa shape index (κ1) is 12.7. The molecule has 0 aliphatic heterocycles. The summed E-state index contributed by atoms with van der Waals surface area (Å²) in [7, 11) is 0. The molecule has 0 aliphatic rings. The molecule has 1 rings (SSSR count). The van der Waals surface area contributed by atoms with Crippen LogP contribution in [0.3, 0.4) is 0 Å². The fraction of sp³-hybridized carbons (Fsp3) is 0.125. The van der Waals surface area contributed by atoms with Gasteiger partial charge in [0.1, 0.15) is 11.1 Å². The molecular formula is C8H4ClF4NO2. The SMILES string of the molecule is N[C@H](C(=O)O)c1c(F)c(F)c(Cl)c(F)c1F. The monoisotopic (exact) mass is 257 g/mol. The number of halogens is 5. The van der Waals surface area contributed by atoms with Crippen molar-refractivity contribution in [1.82, 2.24) is 0 Å². The summed E-state index contributed by atoms with van der Waals surface area (Å²) in [6.45, 7) is 0. The summed E-state index contributed by atoms with van der Waals surface area (Å²) in [6.07, 6.45) is 0. The third-order valence-corrected chi connectivity index (χ3v) is 2.15. The second-order valence-electron chi connectivity index (χ2n) is 2.80. The Morgan fingerprint density at radius 1 is 1.12 bits per heavy atom. The van der Waals surface area contributed by atoms with Gasteiger partial charge in [-0.3, -0.25) is 4.79 Å². The van der Waals surface area contributed by atoms with Crippen LogP contribution >= 0.6 is 11.6 Å². The van der Waals surface area contributed by atoms with Crippen LogP contribution in [0.15, 0.2) is 0 Å². The predicted molar refractivity (Wildman–Crippen MR) is 45.8 cm³/mol. The Hall–Kier alpha value is -1.34. The molecule has 0 fully saturated rings. The topological polar surface area (TPSA) is 63.3 Å². The van der Waals surface area contributed by atoms with Crippen LogP contribution in [0, 0.1) is 23.3 Å². The lowest BCUT2D eigenvalue weighted by molar-refractivity contribution is -0.138. The third kappa shape index (κ3) is 1.83. The second kappa shape index (κ2) is 4.26. The lowest BCUT2D eigenvalue weighted by Crippen LogP contribution is -2.24. The number of carboxylic acid groups (broad SMARTS) is 1. The van der Waals surface area contributed by atoms with Gasteiger partial charge in [0.2, 0.25) is 0 Å². The molecule has 0 bridgehead atoms. The van der Waals surface area contributed by atoms with Gasteiger partial charge in [-0.1, -0.05) is 11.6 Å². The van der Waals surface area contributed by atoms with E-state index < -0.39 is 45.9 Å². The fourth-order valence-corrected chi connectivity index (χ4v) is 1.18. The molecule has 0 spiro atoms. The highest BCUT2D eigenvalue weighted by Gasteiger charge is 2.30. The summed E-state index contributed by atoms with van der Waals surface area (Å²) in [5, 5.41) is 7.01. The van der Waals surface area contributed by atoms with Gasteiger partial charge in [-0.25, -0.2) is 17.6 Å². The van der Waals surface area contributed by atoms with Crippen molar-refractivity contribution >= 4 is 17.6 Å². The molecule has 0 amide bonds. The first-order valence-electron chi connectivity index (χ1n) is 3.78.